The topological polar surface area (TPSA) is 26.0 Å². The van der Waals surface area contributed by atoms with Gasteiger partial charge in [-0.1, -0.05) is 37.6 Å². The highest BCUT2D eigenvalue weighted by Gasteiger charge is 2.13. The first-order valence-corrected chi connectivity index (χ1v) is 5.40. The second-order valence-corrected chi connectivity index (χ2v) is 4.61. The van der Waals surface area contributed by atoms with E-state index in [1.54, 1.807) is 0 Å². The van der Waals surface area contributed by atoms with E-state index in [0.29, 0.717) is 5.92 Å². The molecule has 0 amide bonds. The fourth-order valence-corrected chi connectivity index (χ4v) is 2.10. The zero-order valence-electron chi connectivity index (χ0n) is 9.46. The number of benzene rings is 1. The molecular formula is C12H19Cl2N. The Bertz CT molecular complexity index is 290. The van der Waals surface area contributed by atoms with Gasteiger partial charge in [-0.2, -0.15) is 0 Å². The van der Waals surface area contributed by atoms with Gasteiger partial charge in [0.15, 0.2) is 0 Å². The molecule has 0 saturated heterocycles. The molecule has 1 aromatic carbocycles. The lowest BCUT2D eigenvalue weighted by Gasteiger charge is -2.18. The highest BCUT2D eigenvalue weighted by molar-refractivity contribution is 6.31. The van der Waals surface area contributed by atoms with Gasteiger partial charge in [0.25, 0.3) is 0 Å². The molecule has 1 rings (SSSR count). The minimum atomic E-state index is 0. The average Bonchev–Trinajstić information content (AvgIpc) is 2.01. The molecule has 0 aliphatic heterocycles. The van der Waals surface area contributed by atoms with Crippen LogP contribution in [0, 0.1) is 12.8 Å². The van der Waals surface area contributed by atoms with E-state index < -0.39 is 0 Å². The molecule has 0 aliphatic carbocycles. The van der Waals surface area contributed by atoms with Crippen molar-refractivity contribution in [3.8, 4) is 0 Å². The second kappa shape index (κ2) is 6.37. The maximum Gasteiger partial charge on any atom is 0.0456 e. The van der Waals surface area contributed by atoms with Crippen molar-refractivity contribution in [3.05, 3.63) is 34.3 Å². The molecule has 15 heavy (non-hydrogen) atoms. The highest BCUT2D eigenvalue weighted by atomic mass is 35.5. The molecule has 1 nitrogen and oxygen atoms in total. The van der Waals surface area contributed by atoms with Crippen LogP contribution in [-0.4, -0.2) is 0 Å². The maximum absolute atomic E-state index is 6.13. The van der Waals surface area contributed by atoms with Gasteiger partial charge in [0.1, 0.15) is 0 Å². The van der Waals surface area contributed by atoms with Gasteiger partial charge in [0.05, 0.1) is 0 Å². The van der Waals surface area contributed by atoms with E-state index >= 15 is 0 Å². The van der Waals surface area contributed by atoms with Crippen molar-refractivity contribution in [1.82, 2.24) is 0 Å². The maximum atomic E-state index is 6.13. The van der Waals surface area contributed by atoms with Gasteiger partial charge in [-0.3, -0.25) is 0 Å². The summed E-state index contributed by atoms with van der Waals surface area (Å²) in [4.78, 5) is 0. The Morgan fingerprint density at radius 3 is 2.40 bits per heavy atom. The molecule has 86 valence electrons. The van der Waals surface area contributed by atoms with E-state index in [1.165, 1.54) is 5.56 Å². The molecule has 1 aromatic rings. The van der Waals surface area contributed by atoms with Crippen LogP contribution in [0.3, 0.4) is 0 Å². The molecule has 0 bridgehead atoms. The zero-order chi connectivity index (χ0) is 10.7. The monoisotopic (exact) mass is 247 g/mol. The molecule has 0 aliphatic rings. The highest BCUT2D eigenvalue weighted by Crippen LogP contribution is 2.28. The lowest BCUT2D eigenvalue weighted by atomic mass is 9.95. The number of hydrogen-bond donors (Lipinski definition) is 1. The molecule has 1 atom stereocenters. The third-order valence-corrected chi connectivity index (χ3v) is 2.70. The summed E-state index contributed by atoms with van der Waals surface area (Å²) in [7, 11) is 0. The van der Waals surface area contributed by atoms with Gasteiger partial charge >= 0.3 is 0 Å². The van der Waals surface area contributed by atoms with Gasteiger partial charge in [0.2, 0.25) is 0 Å². The predicted octanol–water partition coefficient (Wildman–Crippen LogP) is 4.12. The molecule has 0 aromatic heterocycles. The van der Waals surface area contributed by atoms with Gasteiger partial charge in [0, 0.05) is 11.1 Å². The first-order valence-electron chi connectivity index (χ1n) is 5.03. The molecule has 0 unspecified atom stereocenters. The zero-order valence-corrected chi connectivity index (χ0v) is 11.0. The molecule has 0 heterocycles. The minimum Gasteiger partial charge on any atom is -0.324 e. The van der Waals surface area contributed by atoms with Crippen molar-refractivity contribution in [2.24, 2.45) is 11.7 Å². The van der Waals surface area contributed by atoms with Gasteiger partial charge < -0.3 is 5.73 Å². The lowest BCUT2D eigenvalue weighted by Crippen LogP contribution is -2.14. The van der Waals surface area contributed by atoms with Crippen LogP contribution in [0.15, 0.2) is 18.2 Å². The smallest absolute Gasteiger partial charge is 0.0456 e. The largest absolute Gasteiger partial charge is 0.324 e. The molecule has 0 radical (unpaired) electrons. The van der Waals surface area contributed by atoms with Crippen LogP contribution in [0.5, 0.6) is 0 Å². The summed E-state index contributed by atoms with van der Waals surface area (Å²) in [6.07, 6.45) is 0.977. The van der Waals surface area contributed by atoms with Crippen molar-refractivity contribution in [1.29, 1.82) is 0 Å². The summed E-state index contributed by atoms with van der Waals surface area (Å²) < 4.78 is 0. The normalized spacial score (nSPS) is 12.4. The standard InChI is InChI=1S/C12H18ClN.ClH/c1-8(2)7-11(14)12-9(3)5-4-6-10(12)13;/h4-6,8,11H,7,14H2,1-3H3;1H/t11-;/m0./s1. The molecule has 0 saturated carbocycles. The van der Waals surface area contributed by atoms with Crippen LogP contribution in [0.4, 0.5) is 0 Å². The third-order valence-electron chi connectivity index (χ3n) is 2.37. The van der Waals surface area contributed by atoms with Crippen LogP contribution < -0.4 is 5.73 Å². The quantitative estimate of drug-likeness (QED) is 0.855. The van der Waals surface area contributed by atoms with E-state index in [2.05, 4.69) is 26.8 Å². The summed E-state index contributed by atoms with van der Waals surface area (Å²) in [5, 5.41) is 0.790. The van der Waals surface area contributed by atoms with E-state index in [1.807, 2.05) is 12.1 Å². The van der Waals surface area contributed by atoms with E-state index in [0.717, 1.165) is 17.0 Å². The molecule has 0 fully saturated rings. The Morgan fingerprint density at radius 1 is 1.33 bits per heavy atom. The van der Waals surface area contributed by atoms with Crippen LogP contribution in [0.1, 0.15) is 37.4 Å². The Hall–Kier alpha value is -0.240. The summed E-state index contributed by atoms with van der Waals surface area (Å²) in [6.45, 7) is 6.40. The van der Waals surface area contributed by atoms with Crippen molar-refractivity contribution in [2.75, 3.05) is 0 Å². The summed E-state index contributed by atoms with van der Waals surface area (Å²) in [6, 6.07) is 5.98. The first kappa shape index (κ1) is 14.8. The lowest BCUT2D eigenvalue weighted by molar-refractivity contribution is 0.509. The minimum absolute atomic E-state index is 0. The SMILES string of the molecule is Cc1cccc(Cl)c1[C@@H](N)CC(C)C.Cl. The second-order valence-electron chi connectivity index (χ2n) is 4.21. The Labute approximate surface area is 103 Å². The van der Waals surface area contributed by atoms with E-state index in [9.17, 15) is 0 Å². The van der Waals surface area contributed by atoms with Crippen LogP contribution in [-0.2, 0) is 0 Å². The predicted molar refractivity (Wildman–Crippen MR) is 69.8 cm³/mol. The van der Waals surface area contributed by atoms with Gasteiger partial charge in [-0.15, -0.1) is 12.4 Å². The third kappa shape index (κ3) is 4.02. The Morgan fingerprint density at radius 2 is 1.93 bits per heavy atom. The van der Waals surface area contributed by atoms with Crippen molar-refractivity contribution in [2.45, 2.75) is 33.2 Å². The molecule has 3 heteroatoms. The summed E-state index contributed by atoms with van der Waals surface area (Å²) >= 11 is 6.13. The fourth-order valence-electron chi connectivity index (χ4n) is 1.74. The van der Waals surface area contributed by atoms with Crippen LogP contribution >= 0.6 is 24.0 Å². The van der Waals surface area contributed by atoms with Crippen molar-refractivity contribution < 1.29 is 0 Å². The Kier molecular flexibility index (Phi) is 6.26. The van der Waals surface area contributed by atoms with Crippen LogP contribution in [0.2, 0.25) is 5.02 Å². The first-order chi connectivity index (χ1) is 6.52. The van der Waals surface area contributed by atoms with Gasteiger partial charge in [-0.25, -0.2) is 0 Å². The van der Waals surface area contributed by atoms with E-state index in [4.69, 9.17) is 17.3 Å². The number of nitrogens with two attached hydrogens (primary N) is 1. The molecular weight excluding hydrogens is 229 g/mol. The van der Waals surface area contributed by atoms with Gasteiger partial charge in [-0.05, 0) is 36.5 Å². The Balaban J connectivity index is 0.00000196. The number of halogens is 2. The molecule has 2 N–H and O–H groups in total. The van der Waals surface area contributed by atoms with Crippen molar-refractivity contribution >= 4 is 24.0 Å². The fraction of sp³-hybridized carbons (Fsp3) is 0.500. The average molecular weight is 248 g/mol. The number of hydrogen-bond acceptors (Lipinski definition) is 1. The molecule has 0 spiro atoms. The number of rotatable bonds is 3. The van der Waals surface area contributed by atoms with Crippen LogP contribution in [0.25, 0.3) is 0 Å². The van der Waals surface area contributed by atoms with E-state index in [-0.39, 0.29) is 18.4 Å². The van der Waals surface area contributed by atoms with Crippen molar-refractivity contribution in [3.63, 3.8) is 0 Å². The number of aryl methyl sites for hydroxylation is 1. The summed E-state index contributed by atoms with van der Waals surface area (Å²) in [5.74, 6) is 0.598. The summed E-state index contributed by atoms with van der Waals surface area (Å²) in [5.41, 5.74) is 8.40.